The molecule has 0 radical (unpaired) electrons. The summed E-state index contributed by atoms with van der Waals surface area (Å²) in [5.41, 5.74) is 0.516. The number of nitrogens with one attached hydrogen (secondary N) is 1. The summed E-state index contributed by atoms with van der Waals surface area (Å²) in [5.74, 6) is -1.00. The number of aromatic nitrogens is 1. The van der Waals surface area contributed by atoms with Gasteiger partial charge in [-0.3, -0.25) is 4.79 Å². The Morgan fingerprint density at radius 1 is 1.30 bits per heavy atom. The zero-order valence-electron chi connectivity index (χ0n) is 18.0. The van der Waals surface area contributed by atoms with E-state index in [1.54, 1.807) is 36.5 Å². The smallest absolute Gasteiger partial charge is 0.248 e. The summed E-state index contributed by atoms with van der Waals surface area (Å²) in [7, 11) is -3.96. The fourth-order valence-corrected chi connectivity index (χ4v) is 6.23. The highest BCUT2D eigenvalue weighted by atomic mass is 32.2. The molecule has 3 heterocycles. The van der Waals surface area contributed by atoms with Crippen molar-refractivity contribution in [3.8, 4) is 0 Å². The number of carbonyl (C=O) groups excluding carboxylic acids is 1. The number of halogens is 1. The normalized spacial score (nSPS) is 17.5. The molecule has 4 rings (SSSR count). The van der Waals surface area contributed by atoms with Crippen molar-refractivity contribution in [3.63, 3.8) is 0 Å². The van der Waals surface area contributed by atoms with Gasteiger partial charge < -0.3 is 9.84 Å². The van der Waals surface area contributed by atoms with Crippen molar-refractivity contribution in [3.05, 3.63) is 69.5 Å². The molecule has 1 saturated heterocycles. The molecule has 1 aliphatic rings. The molecule has 1 aromatic carbocycles. The van der Waals surface area contributed by atoms with Gasteiger partial charge in [-0.15, -0.1) is 11.3 Å². The van der Waals surface area contributed by atoms with Gasteiger partial charge in [0.25, 0.3) is 0 Å². The summed E-state index contributed by atoms with van der Waals surface area (Å²) in [6.45, 7) is 2.36. The maximum absolute atomic E-state index is 13.9. The molecule has 1 amide bonds. The monoisotopic (exact) mass is 489 g/mol. The average molecular weight is 490 g/mol. The third-order valence-corrected chi connectivity index (χ3v) is 8.42. The predicted molar refractivity (Wildman–Crippen MR) is 124 cm³/mol. The van der Waals surface area contributed by atoms with Crippen LogP contribution < -0.4 is 5.32 Å². The standard InChI is InChI=1S/C23H24FN3O4S2/c1-16-22(21(31-26-16)11-10-17-6-2-3-9-20(17)24)33(29,30)27-12-4-7-18(15-27)23(28)25-14-19-8-5-13-32-19/h2-3,5-6,8-11,13,18H,4,7,12,14-15H2,1H3,(H,25,28)/b11-10+/t18-/m0/s1. The minimum atomic E-state index is -3.96. The first-order valence-corrected chi connectivity index (χ1v) is 12.9. The van der Waals surface area contributed by atoms with Crippen molar-refractivity contribution in [2.24, 2.45) is 5.92 Å². The van der Waals surface area contributed by atoms with E-state index in [1.807, 2.05) is 17.5 Å². The molecule has 3 aromatic rings. The van der Waals surface area contributed by atoms with Crippen LogP contribution in [0.15, 0.2) is 51.2 Å². The van der Waals surface area contributed by atoms with Crippen LogP contribution in [-0.4, -0.2) is 36.9 Å². The Kier molecular flexibility index (Phi) is 7.06. The molecule has 174 valence electrons. The van der Waals surface area contributed by atoms with Crippen molar-refractivity contribution in [2.45, 2.75) is 31.2 Å². The second kappa shape index (κ2) is 9.98. The van der Waals surface area contributed by atoms with E-state index in [0.717, 1.165) is 4.88 Å². The van der Waals surface area contributed by atoms with Crippen LogP contribution in [0.2, 0.25) is 0 Å². The number of amides is 1. The molecule has 0 aliphatic carbocycles. The van der Waals surface area contributed by atoms with Crippen LogP contribution in [0.4, 0.5) is 4.39 Å². The number of thiophene rings is 1. The van der Waals surface area contributed by atoms with Crippen molar-refractivity contribution in [2.75, 3.05) is 13.1 Å². The third-order valence-electron chi connectivity index (χ3n) is 5.52. The van der Waals surface area contributed by atoms with Crippen LogP contribution in [0.25, 0.3) is 12.2 Å². The molecular formula is C23H24FN3O4S2. The average Bonchev–Trinajstić information content (AvgIpc) is 3.47. The first-order chi connectivity index (χ1) is 15.9. The minimum Gasteiger partial charge on any atom is -0.355 e. The minimum absolute atomic E-state index is 0.0278. The fourth-order valence-electron chi connectivity index (χ4n) is 3.81. The Hall–Kier alpha value is -2.82. The summed E-state index contributed by atoms with van der Waals surface area (Å²) in [6, 6.07) is 10.0. The van der Waals surface area contributed by atoms with Gasteiger partial charge in [0, 0.05) is 23.5 Å². The quantitative estimate of drug-likeness (QED) is 0.540. The summed E-state index contributed by atoms with van der Waals surface area (Å²) in [6.07, 6.45) is 4.04. The van der Waals surface area contributed by atoms with Gasteiger partial charge in [-0.1, -0.05) is 29.4 Å². The van der Waals surface area contributed by atoms with Gasteiger partial charge in [0.1, 0.15) is 11.5 Å². The molecule has 10 heteroatoms. The molecular weight excluding hydrogens is 465 g/mol. The second-order valence-corrected chi connectivity index (χ2v) is 10.7. The number of benzene rings is 1. The lowest BCUT2D eigenvalue weighted by Gasteiger charge is -2.31. The van der Waals surface area contributed by atoms with Gasteiger partial charge in [0.05, 0.1) is 12.5 Å². The van der Waals surface area contributed by atoms with Crippen LogP contribution >= 0.6 is 11.3 Å². The van der Waals surface area contributed by atoms with E-state index in [9.17, 15) is 17.6 Å². The maximum Gasteiger partial charge on any atom is 0.248 e. The molecule has 7 nitrogen and oxygen atoms in total. The molecule has 0 saturated carbocycles. The van der Waals surface area contributed by atoms with Crippen LogP contribution in [0.5, 0.6) is 0 Å². The van der Waals surface area contributed by atoms with Gasteiger partial charge >= 0.3 is 0 Å². The van der Waals surface area contributed by atoms with Crippen LogP contribution in [0.3, 0.4) is 0 Å². The van der Waals surface area contributed by atoms with Crippen molar-refractivity contribution < 1.29 is 22.1 Å². The Bertz CT molecular complexity index is 1250. The number of hydrogen-bond acceptors (Lipinski definition) is 6. The zero-order valence-corrected chi connectivity index (χ0v) is 19.7. The Balaban J connectivity index is 1.51. The molecule has 0 spiro atoms. The number of rotatable bonds is 7. The Morgan fingerprint density at radius 2 is 2.12 bits per heavy atom. The predicted octanol–water partition coefficient (Wildman–Crippen LogP) is 4.07. The first-order valence-electron chi connectivity index (χ1n) is 10.6. The molecule has 1 N–H and O–H groups in total. The summed E-state index contributed by atoms with van der Waals surface area (Å²) >= 11 is 1.55. The third kappa shape index (κ3) is 5.23. The van der Waals surface area contributed by atoms with Crippen molar-refractivity contribution >= 4 is 39.4 Å². The van der Waals surface area contributed by atoms with E-state index in [1.165, 1.54) is 22.5 Å². The topological polar surface area (TPSA) is 92.5 Å². The molecule has 1 atom stereocenters. The van der Waals surface area contributed by atoms with E-state index >= 15 is 0 Å². The number of nitrogens with zero attached hydrogens (tertiary/aromatic N) is 2. The maximum atomic E-state index is 13.9. The second-order valence-electron chi connectivity index (χ2n) is 7.82. The lowest BCUT2D eigenvalue weighted by atomic mass is 9.99. The summed E-state index contributed by atoms with van der Waals surface area (Å²) in [5, 5.41) is 8.66. The SMILES string of the molecule is Cc1noc(/C=C/c2ccccc2F)c1S(=O)(=O)N1CCC[C@H](C(=O)NCc2cccs2)C1. The fraction of sp³-hybridized carbons (Fsp3) is 0.304. The van der Waals surface area contributed by atoms with Crippen LogP contribution in [0.1, 0.15) is 34.7 Å². The highest BCUT2D eigenvalue weighted by Crippen LogP contribution is 2.29. The number of sulfonamides is 1. The summed E-state index contributed by atoms with van der Waals surface area (Å²) < 4.78 is 47.4. The van der Waals surface area contributed by atoms with E-state index in [-0.39, 0.29) is 28.8 Å². The molecule has 33 heavy (non-hydrogen) atoms. The van der Waals surface area contributed by atoms with E-state index < -0.39 is 21.8 Å². The summed E-state index contributed by atoms with van der Waals surface area (Å²) in [4.78, 5) is 13.6. The Labute approximate surface area is 196 Å². The van der Waals surface area contributed by atoms with Gasteiger partial charge in [-0.05, 0) is 49.4 Å². The first kappa shape index (κ1) is 23.3. The molecule has 2 aromatic heterocycles. The van der Waals surface area contributed by atoms with Crippen LogP contribution in [-0.2, 0) is 21.4 Å². The van der Waals surface area contributed by atoms with Gasteiger partial charge in [0.15, 0.2) is 10.7 Å². The molecule has 1 aliphatic heterocycles. The zero-order chi connectivity index (χ0) is 23.4. The molecule has 0 unspecified atom stereocenters. The lowest BCUT2D eigenvalue weighted by Crippen LogP contribution is -2.45. The van der Waals surface area contributed by atoms with Gasteiger partial charge in [-0.25, -0.2) is 12.8 Å². The number of carbonyl (C=O) groups is 1. The lowest BCUT2D eigenvalue weighted by molar-refractivity contribution is -0.126. The van der Waals surface area contributed by atoms with E-state index in [2.05, 4.69) is 10.5 Å². The number of hydrogen-bond donors (Lipinski definition) is 1. The van der Waals surface area contributed by atoms with E-state index in [4.69, 9.17) is 4.52 Å². The van der Waals surface area contributed by atoms with Gasteiger partial charge in [0.2, 0.25) is 15.9 Å². The van der Waals surface area contributed by atoms with Crippen molar-refractivity contribution in [1.29, 1.82) is 0 Å². The largest absolute Gasteiger partial charge is 0.355 e. The van der Waals surface area contributed by atoms with Gasteiger partial charge in [-0.2, -0.15) is 4.31 Å². The van der Waals surface area contributed by atoms with Crippen molar-refractivity contribution in [1.82, 2.24) is 14.8 Å². The van der Waals surface area contributed by atoms with Crippen LogP contribution in [0, 0.1) is 18.7 Å². The molecule has 0 bridgehead atoms. The highest BCUT2D eigenvalue weighted by Gasteiger charge is 2.36. The Morgan fingerprint density at radius 3 is 2.88 bits per heavy atom. The molecule has 1 fully saturated rings. The van der Waals surface area contributed by atoms with E-state index in [0.29, 0.717) is 31.5 Å². The number of piperidine rings is 1. The highest BCUT2D eigenvalue weighted by molar-refractivity contribution is 7.89. The number of aryl methyl sites for hydroxylation is 1.